The summed E-state index contributed by atoms with van der Waals surface area (Å²) >= 11 is 0. The average molecular weight is 550 g/mol. The molecule has 1 saturated heterocycles. The first-order valence-corrected chi connectivity index (χ1v) is 14.8. The van der Waals surface area contributed by atoms with E-state index in [9.17, 15) is 24.4 Å². The van der Waals surface area contributed by atoms with Crippen LogP contribution in [-0.2, 0) is 28.7 Å². The minimum atomic E-state index is -1.20. The van der Waals surface area contributed by atoms with Crippen molar-refractivity contribution >= 4 is 23.5 Å². The van der Waals surface area contributed by atoms with E-state index in [2.05, 4.69) is 33.8 Å². The zero-order valence-corrected chi connectivity index (χ0v) is 25.2. The van der Waals surface area contributed by atoms with Gasteiger partial charge in [-0.05, 0) is 68.3 Å². The summed E-state index contributed by atoms with van der Waals surface area (Å²) in [5.41, 5.74) is -3.36. The van der Waals surface area contributed by atoms with Gasteiger partial charge in [0.05, 0.1) is 16.4 Å². The minimum absolute atomic E-state index is 0.0397. The Balaban J connectivity index is 1.70. The summed E-state index contributed by atoms with van der Waals surface area (Å²) in [6, 6.07) is 2.10. The van der Waals surface area contributed by atoms with E-state index in [0.717, 1.165) is 5.57 Å². The standard InChI is InChI=1S/C33H43NO6/c1-9-32-13-11-22-29(6)12-10-21-30(7,15-20(17-34)26(37)31(21,8)18-39-19(2)35)23(29)14-25(36)33(22,40-27(32)38)24(32)16-28(3,4)5/h14-15,21-22,24H,9-13,16,18H2,1-8H3/t21?,22?,24?,29-,30-,31-,32-,33+/m0/s1. The minimum Gasteiger partial charge on any atom is -0.465 e. The molecule has 2 saturated carbocycles. The number of ether oxygens (including phenoxy) is 2. The van der Waals surface area contributed by atoms with E-state index in [4.69, 9.17) is 9.47 Å². The van der Waals surface area contributed by atoms with Crippen LogP contribution in [-0.4, -0.2) is 35.7 Å². The molecule has 0 aromatic carbocycles. The molecule has 3 unspecified atom stereocenters. The number of esters is 2. The molecule has 5 aliphatic rings. The molecule has 3 fully saturated rings. The van der Waals surface area contributed by atoms with E-state index in [1.54, 1.807) is 19.1 Å². The first-order chi connectivity index (χ1) is 18.5. The van der Waals surface area contributed by atoms with Crippen LogP contribution < -0.4 is 0 Å². The summed E-state index contributed by atoms with van der Waals surface area (Å²) in [6.45, 7) is 15.7. The summed E-state index contributed by atoms with van der Waals surface area (Å²) in [6.07, 6.45) is 7.59. The van der Waals surface area contributed by atoms with Crippen LogP contribution >= 0.6 is 0 Å². The van der Waals surface area contributed by atoms with Crippen molar-refractivity contribution in [1.29, 1.82) is 5.26 Å². The molecule has 2 bridgehead atoms. The molecule has 4 aliphatic carbocycles. The number of allylic oxidation sites excluding steroid dienone is 3. The summed E-state index contributed by atoms with van der Waals surface area (Å²) < 4.78 is 11.8. The van der Waals surface area contributed by atoms with E-state index >= 15 is 0 Å². The van der Waals surface area contributed by atoms with Crippen molar-refractivity contribution in [2.75, 3.05) is 6.61 Å². The Morgan fingerprint density at radius 3 is 2.35 bits per heavy atom. The summed E-state index contributed by atoms with van der Waals surface area (Å²) in [5.74, 6) is -1.86. The van der Waals surface area contributed by atoms with E-state index in [-0.39, 0.29) is 52.9 Å². The number of fused-ring (bicyclic) bond motifs is 5. The second-order valence-corrected chi connectivity index (χ2v) is 15.0. The van der Waals surface area contributed by atoms with Crippen molar-refractivity contribution in [3.8, 4) is 6.07 Å². The molecular formula is C33H43NO6. The van der Waals surface area contributed by atoms with Gasteiger partial charge in [0.2, 0.25) is 0 Å². The molecule has 1 aliphatic heterocycles. The third kappa shape index (κ3) is 3.46. The zero-order chi connectivity index (χ0) is 29.7. The van der Waals surface area contributed by atoms with Crippen LogP contribution in [0.15, 0.2) is 23.3 Å². The number of hydrogen-bond donors (Lipinski definition) is 0. The molecule has 216 valence electrons. The second-order valence-electron chi connectivity index (χ2n) is 15.0. The molecule has 0 amide bonds. The van der Waals surface area contributed by atoms with Crippen molar-refractivity contribution in [2.45, 2.75) is 99.5 Å². The Kier molecular flexibility index (Phi) is 6.21. The molecule has 7 heteroatoms. The van der Waals surface area contributed by atoms with Gasteiger partial charge in [-0.3, -0.25) is 19.2 Å². The maximum absolute atomic E-state index is 14.5. The van der Waals surface area contributed by atoms with Crippen LogP contribution in [0.5, 0.6) is 0 Å². The van der Waals surface area contributed by atoms with Crippen LogP contribution in [0.2, 0.25) is 0 Å². The monoisotopic (exact) mass is 549 g/mol. The Morgan fingerprint density at radius 2 is 1.77 bits per heavy atom. The number of rotatable bonds is 4. The van der Waals surface area contributed by atoms with Crippen LogP contribution in [0.1, 0.15) is 93.9 Å². The molecule has 40 heavy (non-hydrogen) atoms. The SMILES string of the molecule is CC[C@@]12CCC3[C@](OC1=O)(C(=O)C=C1[C@@]4(C)C=C(C#N)C(=O)[C@@](C)(COC(C)=O)C4CC[C@]13C)C2CC(C)(C)C. The third-order valence-corrected chi connectivity index (χ3v) is 11.7. The fourth-order valence-electron chi connectivity index (χ4n) is 9.90. The van der Waals surface area contributed by atoms with Gasteiger partial charge in [-0.15, -0.1) is 0 Å². The molecule has 0 aromatic rings. The predicted molar refractivity (Wildman–Crippen MR) is 147 cm³/mol. The van der Waals surface area contributed by atoms with Crippen molar-refractivity contribution < 1.29 is 28.7 Å². The normalized spacial score (nSPS) is 43.9. The number of nitriles is 1. The topological polar surface area (TPSA) is 111 Å². The van der Waals surface area contributed by atoms with E-state index in [1.807, 2.05) is 13.8 Å². The molecule has 0 N–H and O–H groups in total. The molecule has 1 spiro atoms. The van der Waals surface area contributed by atoms with Crippen molar-refractivity contribution in [3.63, 3.8) is 0 Å². The lowest BCUT2D eigenvalue weighted by Gasteiger charge is -2.64. The number of carbonyl (C=O) groups is 4. The van der Waals surface area contributed by atoms with Gasteiger partial charge in [-0.25, -0.2) is 0 Å². The fraction of sp³-hybridized carbons (Fsp3) is 0.727. The van der Waals surface area contributed by atoms with Crippen molar-refractivity contribution in [2.24, 2.45) is 44.8 Å². The quantitative estimate of drug-likeness (QED) is 0.415. The molecule has 8 atom stereocenters. The molecule has 5 rings (SSSR count). The third-order valence-electron chi connectivity index (χ3n) is 11.7. The summed E-state index contributed by atoms with van der Waals surface area (Å²) in [4.78, 5) is 53.6. The van der Waals surface area contributed by atoms with E-state index < -0.39 is 33.2 Å². The van der Waals surface area contributed by atoms with Gasteiger partial charge in [0.25, 0.3) is 0 Å². The van der Waals surface area contributed by atoms with Gasteiger partial charge in [0.1, 0.15) is 12.7 Å². The number of hydrogen-bond acceptors (Lipinski definition) is 7. The molecule has 0 radical (unpaired) electrons. The predicted octanol–water partition coefficient (Wildman–Crippen LogP) is 5.67. The van der Waals surface area contributed by atoms with Crippen LogP contribution in [0.25, 0.3) is 0 Å². The lowest BCUT2D eigenvalue weighted by Crippen LogP contribution is -2.66. The second kappa shape index (κ2) is 8.63. The molecule has 0 aromatic heterocycles. The molecule has 1 heterocycles. The lowest BCUT2D eigenvalue weighted by molar-refractivity contribution is -0.177. The van der Waals surface area contributed by atoms with Crippen LogP contribution in [0.4, 0.5) is 0 Å². The largest absolute Gasteiger partial charge is 0.465 e. The number of carbonyl (C=O) groups excluding carboxylic acids is 4. The van der Waals surface area contributed by atoms with Gasteiger partial charge in [0.15, 0.2) is 17.2 Å². The Bertz CT molecular complexity index is 1310. The zero-order valence-electron chi connectivity index (χ0n) is 25.2. The highest BCUT2D eigenvalue weighted by atomic mass is 16.6. The lowest BCUT2D eigenvalue weighted by atomic mass is 9.38. The Morgan fingerprint density at radius 1 is 1.12 bits per heavy atom. The Hall–Kier alpha value is -2.75. The van der Waals surface area contributed by atoms with Gasteiger partial charge >= 0.3 is 11.9 Å². The summed E-state index contributed by atoms with van der Waals surface area (Å²) in [5, 5.41) is 10.00. The Labute approximate surface area is 237 Å². The van der Waals surface area contributed by atoms with Crippen molar-refractivity contribution in [3.05, 3.63) is 23.3 Å². The van der Waals surface area contributed by atoms with Gasteiger partial charge in [0, 0.05) is 24.2 Å². The highest BCUT2D eigenvalue weighted by Crippen LogP contribution is 2.73. The van der Waals surface area contributed by atoms with E-state index in [1.165, 1.54) is 6.92 Å². The van der Waals surface area contributed by atoms with Gasteiger partial charge in [-0.2, -0.15) is 5.26 Å². The van der Waals surface area contributed by atoms with Crippen molar-refractivity contribution in [1.82, 2.24) is 0 Å². The summed E-state index contributed by atoms with van der Waals surface area (Å²) in [7, 11) is 0. The maximum atomic E-state index is 14.5. The smallest absolute Gasteiger partial charge is 0.313 e. The highest BCUT2D eigenvalue weighted by Gasteiger charge is 2.77. The first-order valence-electron chi connectivity index (χ1n) is 14.8. The van der Waals surface area contributed by atoms with Gasteiger partial charge in [-0.1, -0.05) is 53.2 Å². The average Bonchev–Trinajstić information content (AvgIpc) is 2.99. The molecule has 7 nitrogen and oxygen atoms in total. The maximum Gasteiger partial charge on any atom is 0.313 e. The first kappa shape index (κ1) is 28.8. The number of Topliss-reactive ketones (excluding diaryl/α,β-unsaturated/α-hetero) is 1. The fourth-order valence-corrected chi connectivity index (χ4v) is 9.90. The van der Waals surface area contributed by atoms with Crippen LogP contribution in [0, 0.1) is 56.2 Å². The van der Waals surface area contributed by atoms with E-state index in [0.29, 0.717) is 38.5 Å². The highest BCUT2D eigenvalue weighted by molar-refractivity contribution is 6.06. The van der Waals surface area contributed by atoms with Crippen LogP contribution in [0.3, 0.4) is 0 Å². The number of ketones is 2. The number of nitrogens with zero attached hydrogens (tertiary/aromatic N) is 1. The molecular weight excluding hydrogens is 506 g/mol. The van der Waals surface area contributed by atoms with Gasteiger partial charge < -0.3 is 9.47 Å².